The molecule has 3 rings (SSSR count). The molecule has 1 saturated heterocycles. The second-order valence-corrected chi connectivity index (χ2v) is 6.26. The van der Waals surface area contributed by atoms with Crippen LogP contribution >= 0.6 is 0 Å². The summed E-state index contributed by atoms with van der Waals surface area (Å²) in [5, 5.41) is 9.18. The first kappa shape index (κ1) is 15.9. The number of halogens is 1. The molecule has 124 valence electrons. The van der Waals surface area contributed by atoms with Gasteiger partial charge in [0.1, 0.15) is 11.9 Å². The van der Waals surface area contributed by atoms with Crippen LogP contribution in [-0.2, 0) is 16.1 Å². The molecule has 0 bridgehead atoms. The Labute approximate surface area is 134 Å². The quantitative estimate of drug-likeness (QED) is 0.874. The number of likely N-dealkylation sites (tertiary alicyclic amines) is 1. The number of rotatable bonds is 6. The van der Waals surface area contributed by atoms with Crippen LogP contribution in [0.2, 0.25) is 0 Å². The van der Waals surface area contributed by atoms with Crippen LogP contribution in [0.3, 0.4) is 0 Å². The molecule has 1 atom stereocenters. The van der Waals surface area contributed by atoms with Crippen molar-refractivity contribution in [3.63, 3.8) is 0 Å². The topological polar surface area (TPSA) is 66.8 Å². The normalized spacial score (nSPS) is 20.7. The Morgan fingerprint density at radius 1 is 1.30 bits per heavy atom. The fraction of sp³-hybridized carbons (Fsp3) is 0.529. The smallest absolute Gasteiger partial charge is 0.326 e. The van der Waals surface area contributed by atoms with Crippen LogP contribution in [0.25, 0.3) is 0 Å². The van der Waals surface area contributed by atoms with Crippen molar-refractivity contribution >= 4 is 11.9 Å². The zero-order valence-corrected chi connectivity index (χ0v) is 12.8. The molecule has 1 heterocycles. The van der Waals surface area contributed by atoms with Crippen LogP contribution in [0.15, 0.2) is 18.2 Å². The lowest BCUT2D eigenvalue weighted by Gasteiger charge is -2.21. The summed E-state index contributed by atoms with van der Waals surface area (Å²) < 4.78 is 19.3. The van der Waals surface area contributed by atoms with Crippen LogP contribution < -0.4 is 0 Å². The number of carboxylic acid groups (broad SMARTS) is 1. The van der Waals surface area contributed by atoms with E-state index >= 15 is 0 Å². The minimum Gasteiger partial charge on any atom is -0.480 e. The highest BCUT2D eigenvalue weighted by Crippen LogP contribution is 2.29. The van der Waals surface area contributed by atoms with E-state index in [1.807, 2.05) is 0 Å². The fourth-order valence-electron chi connectivity index (χ4n) is 2.87. The summed E-state index contributed by atoms with van der Waals surface area (Å²) in [5.74, 6) is -1.18. The molecule has 1 N–H and O–H groups in total. The molecule has 1 aliphatic carbocycles. The number of amides is 1. The van der Waals surface area contributed by atoms with Crippen LogP contribution in [0.1, 0.15) is 41.6 Å². The summed E-state index contributed by atoms with van der Waals surface area (Å²) in [5.41, 5.74) is 0.646. The molecule has 6 heteroatoms. The summed E-state index contributed by atoms with van der Waals surface area (Å²) in [4.78, 5) is 25.1. The van der Waals surface area contributed by atoms with Gasteiger partial charge in [0.25, 0.3) is 5.91 Å². The SMILES string of the molecule is O=C(O)C1CCCN1C(=O)c1ccc(F)c(COCC2CC2)c1. The second kappa shape index (κ2) is 6.66. The fourth-order valence-corrected chi connectivity index (χ4v) is 2.87. The standard InChI is InChI=1S/C17H20FNO4/c18-14-6-5-12(8-13(14)10-23-9-11-3-4-11)16(20)19-7-1-2-15(19)17(21)22/h5-6,8,11,15H,1-4,7,9-10H2,(H,21,22). The first-order valence-electron chi connectivity index (χ1n) is 7.96. The molecule has 1 aliphatic heterocycles. The van der Waals surface area contributed by atoms with Crippen molar-refractivity contribution in [1.29, 1.82) is 0 Å². The molecule has 0 spiro atoms. The Morgan fingerprint density at radius 2 is 2.09 bits per heavy atom. The van der Waals surface area contributed by atoms with Gasteiger partial charge in [-0.1, -0.05) is 0 Å². The van der Waals surface area contributed by atoms with Crippen molar-refractivity contribution in [2.24, 2.45) is 5.92 Å². The minimum atomic E-state index is -0.994. The predicted molar refractivity (Wildman–Crippen MR) is 80.5 cm³/mol. The maximum atomic E-state index is 13.9. The lowest BCUT2D eigenvalue weighted by atomic mass is 10.1. The number of aliphatic carboxylic acids is 1. The minimum absolute atomic E-state index is 0.131. The van der Waals surface area contributed by atoms with Gasteiger partial charge in [0.05, 0.1) is 6.61 Å². The predicted octanol–water partition coefficient (Wildman–Crippen LogP) is 2.44. The van der Waals surface area contributed by atoms with Gasteiger partial charge in [0.2, 0.25) is 0 Å². The largest absolute Gasteiger partial charge is 0.480 e. The lowest BCUT2D eigenvalue weighted by molar-refractivity contribution is -0.141. The summed E-state index contributed by atoms with van der Waals surface area (Å²) in [6.45, 7) is 1.16. The maximum absolute atomic E-state index is 13.9. The van der Waals surface area contributed by atoms with Gasteiger partial charge >= 0.3 is 5.97 Å². The zero-order chi connectivity index (χ0) is 16.4. The van der Waals surface area contributed by atoms with E-state index in [9.17, 15) is 19.1 Å². The third kappa shape index (κ3) is 3.69. The molecule has 2 aliphatic rings. The first-order chi connectivity index (χ1) is 11.1. The number of benzene rings is 1. The summed E-state index contributed by atoms with van der Waals surface area (Å²) in [6.07, 6.45) is 3.44. The van der Waals surface area contributed by atoms with Crippen LogP contribution in [-0.4, -0.2) is 41.1 Å². The molecule has 1 amide bonds. The Bertz CT molecular complexity index is 615. The van der Waals surface area contributed by atoms with E-state index in [4.69, 9.17) is 4.74 Å². The van der Waals surface area contributed by atoms with Crippen LogP contribution in [0.5, 0.6) is 0 Å². The van der Waals surface area contributed by atoms with Crippen LogP contribution in [0, 0.1) is 11.7 Å². The van der Waals surface area contributed by atoms with Gasteiger partial charge in [0, 0.05) is 24.3 Å². The number of carbonyl (C=O) groups excluding carboxylic acids is 1. The van der Waals surface area contributed by atoms with Gasteiger partial charge in [0.15, 0.2) is 0 Å². The van der Waals surface area contributed by atoms with Crippen molar-refractivity contribution in [1.82, 2.24) is 4.90 Å². The highest BCUT2D eigenvalue weighted by molar-refractivity contribution is 5.97. The molecule has 1 saturated carbocycles. The van der Waals surface area contributed by atoms with Gasteiger partial charge in [-0.2, -0.15) is 0 Å². The molecular formula is C17H20FNO4. The second-order valence-electron chi connectivity index (χ2n) is 6.26. The average molecular weight is 321 g/mol. The molecule has 2 fully saturated rings. The Morgan fingerprint density at radius 3 is 2.78 bits per heavy atom. The highest BCUT2D eigenvalue weighted by atomic mass is 19.1. The third-order valence-corrected chi connectivity index (χ3v) is 4.40. The number of nitrogens with zero attached hydrogens (tertiary/aromatic N) is 1. The lowest BCUT2D eigenvalue weighted by Crippen LogP contribution is -2.40. The van der Waals surface area contributed by atoms with E-state index in [0.717, 1.165) is 12.8 Å². The third-order valence-electron chi connectivity index (χ3n) is 4.40. The highest BCUT2D eigenvalue weighted by Gasteiger charge is 2.34. The number of carboxylic acids is 1. The Hall–Kier alpha value is -1.95. The van der Waals surface area contributed by atoms with E-state index in [1.54, 1.807) is 0 Å². The number of carbonyl (C=O) groups is 2. The molecule has 1 aromatic carbocycles. The Kier molecular flexibility index (Phi) is 4.61. The van der Waals surface area contributed by atoms with Gasteiger partial charge in [-0.15, -0.1) is 0 Å². The average Bonchev–Trinajstić information content (AvgIpc) is 3.21. The molecule has 23 heavy (non-hydrogen) atoms. The molecule has 1 unspecified atom stereocenters. The van der Waals surface area contributed by atoms with Gasteiger partial charge in [-0.25, -0.2) is 9.18 Å². The van der Waals surface area contributed by atoms with E-state index in [-0.39, 0.29) is 12.5 Å². The van der Waals surface area contributed by atoms with Crippen molar-refractivity contribution in [2.75, 3.05) is 13.2 Å². The van der Waals surface area contributed by atoms with E-state index in [0.29, 0.717) is 43.0 Å². The van der Waals surface area contributed by atoms with E-state index in [2.05, 4.69) is 0 Å². The van der Waals surface area contributed by atoms with Gasteiger partial charge in [-0.05, 0) is 49.8 Å². The number of ether oxygens (including phenoxy) is 1. The summed E-state index contributed by atoms with van der Waals surface area (Å²) in [7, 11) is 0. The monoisotopic (exact) mass is 321 g/mol. The zero-order valence-electron chi connectivity index (χ0n) is 12.8. The van der Waals surface area contributed by atoms with Crippen LogP contribution in [0.4, 0.5) is 4.39 Å². The Balaban J connectivity index is 1.70. The van der Waals surface area contributed by atoms with Gasteiger partial charge < -0.3 is 14.7 Å². The van der Waals surface area contributed by atoms with E-state index < -0.39 is 17.8 Å². The number of hydrogen-bond donors (Lipinski definition) is 1. The van der Waals surface area contributed by atoms with E-state index in [1.165, 1.54) is 23.1 Å². The summed E-state index contributed by atoms with van der Waals surface area (Å²) >= 11 is 0. The molecule has 5 nitrogen and oxygen atoms in total. The van der Waals surface area contributed by atoms with Crippen molar-refractivity contribution in [2.45, 2.75) is 38.3 Å². The molecule has 0 radical (unpaired) electrons. The van der Waals surface area contributed by atoms with Crippen molar-refractivity contribution < 1.29 is 23.8 Å². The van der Waals surface area contributed by atoms with Crippen molar-refractivity contribution in [3.05, 3.63) is 35.1 Å². The molecular weight excluding hydrogens is 301 g/mol. The molecule has 0 aromatic heterocycles. The van der Waals surface area contributed by atoms with Crippen molar-refractivity contribution in [3.8, 4) is 0 Å². The summed E-state index contributed by atoms with van der Waals surface area (Å²) in [6, 6.07) is 3.33. The maximum Gasteiger partial charge on any atom is 0.326 e. The number of hydrogen-bond acceptors (Lipinski definition) is 3. The first-order valence-corrected chi connectivity index (χ1v) is 7.96. The van der Waals surface area contributed by atoms with Gasteiger partial charge in [-0.3, -0.25) is 4.79 Å². The molecule has 1 aromatic rings.